The summed E-state index contributed by atoms with van der Waals surface area (Å²) in [6.07, 6.45) is 2.13. The summed E-state index contributed by atoms with van der Waals surface area (Å²) < 4.78 is 28.1. The van der Waals surface area contributed by atoms with Crippen molar-refractivity contribution in [1.82, 2.24) is 0 Å². The molecule has 0 saturated carbocycles. The molecule has 102 valence electrons. The first-order valence-corrected chi connectivity index (χ1v) is 7.45. The SMILES string of the molecule is CCCC(C)COc1cccc(S(N)(=O)=O)c1N. The molecule has 1 unspecified atom stereocenters. The van der Waals surface area contributed by atoms with Gasteiger partial charge in [-0.2, -0.15) is 0 Å². The van der Waals surface area contributed by atoms with Crippen molar-refractivity contribution in [2.45, 2.75) is 31.6 Å². The lowest BCUT2D eigenvalue weighted by atomic mass is 10.1. The Bertz CT molecular complexity index is 500. The van der Waals surface area contributed by atoms with Gasteiger partial charge in [-0.05, 0) is 24.5 Å². The Labute approximate surface area is 108 Å². The summed E-state index contributed by atoms with van der Waals surface area (Å²) >= 11 is 0. The predicted octanol–water partition coefficient (Wildman–Crippen LogP) is 1.73. The fourth-order valence-corrected chi connectivity index (χ4v) is 2.38. The minimum Gasteiger partial charge on any atom is -0.491 e. The van der Waals surface area contributed by atoms with Gasteiger partial charge in [-0.25, -0.2) is 13.6 Å². The van der Waals surface area contributed by atoms with E-state index in [4.69, 9.17) is 15.6 Å². The van der Waals surface area contributed by atoms with E-state index >= 15 is 0 Å². The van der Waals surface area contributed by atoms with Crippen molar-refractivity contribution >= 4 is 15.7 Å². The lowest BCUT2D eigenvalue weighted by molar-refractivity contribution is 0.252. The van der Waals surface area contributed by atoms with E-state index in [0.717, 1.165) is 12.8 Å². The summed E-state index contributed by atoms with van der Waals surface area (Å²) in [5, 5.41) is 5.07. The summed E-state index contributed by atoms with van der Waals surface area (Å²) in [6, 6.07) is 4.58. The van der Waals surface area contributed by atoms with Crippen LogP contribution in [0.3, 0.4) is 0 Å². The van der Waals surface area contributed by atoms with Gasteiger partial charge in [-0.3, -0.25) is 0 Å². The Morgan fingerprint density at radius 2 is 2.06 bits per heavy atom. The molecule has 18 heavy (non-hydrogen) atoms. The van der Waals surface area contributed by atoms with Crippen molar-refractivity contribution in [3.8, 4) is 5.75 Å². The fraction of sp³-hybridized carbons (Fsp3) is 0.500. The third kappa shape index (κ3) is 3.89. The topological polar surface area (TPSA) is 95.4 Å². The van der Waals surface area contributed by atoms with E-state index in [2.05, 4.69) is 13.8 Å². The fourth-order valence-electron chi connectivity index (χ4n) is 1.71. The Morgan fingerprint density at radius 3 is 2.61 bits per heavy atom. The van der Waals surface area contributed by atoms with E-state index in [1.165, 1.54) is 6.07 Å². The molecule has 0 spiro atoms. The number of nitrogen functional groups attached to an aromatic ring is 1. The molecule has 0 aromatic heterocycles. The number of rotatable bonds is 6. The molecule has 6 heteroatoms. The molecule has 0 saturated heterocycles. The van der Waals surface area contributed by atoms with Gasteiger partial charge in [0, 0.05) is 0 Å². The van der Waals surface area contributed by atoms with Gasteiger partial charge < -0.3 is 10.5 Å². The molecule has 1 aromatic carbocycles. The van der Waals surface area contributed by atoms with E-state index in [1.807, 2.05) is 0 Å². The number of ether oxygens (including phenoxy) is 1. The molecule has 0 aliphatic carbocycles. The smallest absolute Gasteiger partial charge is 0.240 e. The molecule has 0 bridgehead atoms. The van der Waals surface area contributed by atoms with Crippen molar-refractivity contribution in [3.63, 3.8) is 0 Å². The average molecular weight is 272 g/mol. The maximum Gasteiger partial charge on any atom is 0.240 e. The van der Waals surface area contributed by atoms with Crippen molar-refractivity contribution in [3.05, 3.63) is 18.2 Å². The summed E-state index contributed by atoms with van der Waals surface area (Å²) in [6.45, 7) is 4.68. The standard InChI is InChI=1S/C12H20N2O3S/c1-3-5-9(2)8-17-10-6-4-7-11(12(10)13)18(14,15)16/h4,6-7,9H,3,5,8,13H2,1-2H3,(H2,14,15,16). The predicted molar refractivity (Wildman–Crippen MR) is 71.8 cm³/mol. The first-order chi connectivity index (χ1) is 8.36. The number of anilines is 1. The van der Waals surface area contributed by atoms with Gasteiger partial charge in [0.15, 0.2) is 0 Å². The number of para-hydroxylation sites is 1. The van der Waals surface area contributed by atoms with Crippen LogP contribution in [0.25, 0.3) is 0 Å². The number of hydrogen-bond acceptors (Lipinski definition) is 4. The van der Waals surface area contributed by atoms with Crippen molar-refractivity contribution in [2.75, 3.05) is 12.3 Å². The van der Waals surface area contributed by atoms with E-state index in [1.54, 1.807) is 12.1 Å². The molecule has 0 fully saturated rings. The third-order valence-corrected chi connectivity index (χ3v) is 3.61. The summed E-state index contributed by atoms with van der Waals surface area (Å²) in [5.41, 5.74) is 5.82. The molecule has 0 amide bonds. The van der Waals surface area contributed by atoms with E-state index < -0.39 is 10.0 Å². The molecule has 0 aliphatic heterocycles. The molecule has 5 nitrogen and oxygen atoms in total. The lowest BCUT2D eigenvalue weighted by Crippen LogP contribution is -2.15. The zero-order valence-electron chi connectivity index (χ0n) is 10.7. The molecule has 0 radical (unpaired) electrons. The lowest BCUT2D eigenvalue weighted by Gasteiger charge is -2.14. The van der Waals surface area contributed by atoms with Crippen molar-refractivity contribution in [1.29, 1.82) is 0 Å². The van der Waals surface area contributed by atoms with Crippen LogP contribution < -0.4 is 15.6 Å². The maximum atomic E-state index is 11.3. The molecular weight excluding hydrogens is 252 g/mol. The highest BCUT2D eigenvalue weighted by Crippen LogP contribution is 2.28. The largest absolute Gasteiger partial charge is 0.491 e. The van der Waals surface area contributed by atoms with Gasteiger partial charge in [0.25, 0.3) is 0 Å². The second-order valence-electron chi connectivity index (χ2n) is 4.42. The van der Waals surface area contributed by atoms with Crippen LogP contribution in [0.5, 0.6) is 5.75 Å². The molecule has 1 atom stereocenters. The van der Waals surface area contributed by atoms with Gasteiger partial charge in [0.2, 0.25) is 10.0 Å². The Hall–Kier alpha value is -1.27. The van der Waals surface area contributed by atoms with Gasteiger partial charge in [0.05, 0.1) is 12.3 Å². The zero-order valence-corrected chi connectivity index (χ0v) is 11.5. The van der Waals surface area contributed by atoms with Crippen LogP contribution in [0.2, 0.25) is 0 Å². The number of benzene rings is 1. The number of nitrogens with two attached hydrogens (primary N) is 2. The first kappa shape index (κ1) is 14.8. The van der Waals surface area contributed by atoms with Gasteiger partial charge in [-0.15, -0.1) is 0 Å². The van der Waals surface area contributed by atoms with Crippen LogP contribution in [0.15, 0.2) is 23.1 Å². The summed E-state index contributed by atoms with van der Waals surface area (Å²) in [4.78, 5) is -0.0943. The Balaban J connectivity index is 2.85. The van der Waals surface area contributed by atoms with Crippen molar-refractivity contribution in [2.24, 2.45) is 11.1 Å². The molecule has 0 heterocycles. The molecule has 1 rings (SSSR count). The van der Waals surface area contributed by atoms with E-state index in [-0.39, 0.29) is 10.6 Å². The molecule has 1 aromatic rings. The monoisotopic (exact) mass is 272 g/mol. The minimum atomic E-state index is -3.81. The molecule has 0 aliphatic rings. The summed E-state index contributed by atoms with van der Waals surface area (Å²) in [7, 11) is -3.81. The highest BCUT2D eigenvalue weighted by atomic mass is 32.2. The Morgan fingerprint density at radius 1 is 1.39 bits per heavy atom. The molecular formula is C12H20N2O3S. The minimum absolute atomic E-state index is 0.0729. The second-order valence-corrected chi connectivity index (χ2v) is 5.95. The van der Waals surface area contributed by atoms with Crippen LogP contribution in [-0.4, -0.2) is 15.0 Å². The zero-order chi connectivity index (χ0) is 13.8. The van der Waals surface area contributed by atoms with Crippen LogP contribution >= 0.6 is 0 Å². The van der Waals surface area contributed by atoms with Crippen LogP contribution in [0.4, 0.5) is 5.69 Å². The van der Waals surface area contributed by atoms with Gasteiger partial charge >= 0.3 is 0 Å². The van der Waals surface area contributed by atoms with E-state index in [9.17, 15) is 8.42 Å². The third-order valence-electron chi connectivity index (χ3n) is 2.64. The maximum absolute atomic E-state index is 11.3. The number of hydrogen-bond donors (Lipinski definition) is 2. The quantitative estimate of drug-likeness (QED) is 0.771. The average Bonchev–Trinajstić information content (AvgIpc) is 2.26. The van der Waals surface area contributed by atoms with Crippen LogP contribution in [0.1, 0.15) is 26.7 Å². The number of sulfonamides is 1. The summed E-state index contributed by atoms with van der Waals surface area (Å²) in [5.74, 6) is 0.761. The van der Waals surface area contributed by atoms with Gasteiger partial charge in [-0.1, -0.05) is 26.3 Å². The second kappa shape index (κ2) is 6.06. The first-order valence-electron chi connectivity index (χ1n) is 5.90. The van der Waals surface area contributed by atoms with Gasteiger partial charge in [0.1, 0.15) is 10.6 Å². The number of primary sulfonamides is 1. The highest BCUT2D eigenvalue weighted by molar-refractivity contribution is 7.89. The Kier molecular flexibility index (Phi) is 4.98. The van der Waals surface area contributed by atoms with Crippen molar-refractivity contribution < 1.29 is 13.2 Å². The van der Waals surface area contributed by atoms with Crippen LogP contribution in [-0.2, 0) is 10.0 Å². The molecule has 4 N–H and O–H groups in total. The van der Waals surface area contributed by atoms with E-state index in [0.29, 0.717) is 18.3 Å². The normalized spacial score (nSPS) is 13.3. The highest BCUT2D eigenvalue weighted by Gasteiger charge is 2.15. The van der Waals surface area contributed by atoms with Crippen LogP contribution in [0, 0.1) is 5.92 Å².